The van der Waals surface area contributed by atoms with E-state index in [2.05, 4.69) is 15.5 Å². The molecule has 1 heterocycles. The third-order valence-corrected chi connectivity index (χ3v) is 3.18. The first-order valence-electron chi connectivity index (χ1n) is 5.59. The van der Waals surface area contributed by atoms with E-state index >= 15 is 0 Å². The van der Waals surface area contributed by atoms with Gasteiger partial charge in [-0.3, -0.25) is 9.59 Å². The molecule has 96 valence electrons. The van der Waals surface area contributed by atoms with Gasteiger partial charge in [0.05, 0.1) is 5.92 Å². The number of hydrogen-bond acceptors (Lipinski definition) is 4. The molecule has 1 aliphatic carbocycles. The normalized spacial score (nSPS) is 22.7. The molecule has 2 N–H and O–H groups in total. The summed E-state index contributed by atoms with van der Waals surface area (Å²) >= 11 is 5.57. The van der Waals surface area contributed by atoms with Crippen LogP contribution >= 0.6 is 11.6 Å². The highest BCUT2D eigenvalue weighted by molar-refractivity contribution is 6.29. The zero-order chi connectivity index (χ0) is 13.1. The number of carboxylic acids is 1. The van der Waals surface area contributed by atoms with E-state index in [1.807, 2.05) is 0 Å². The molecule has 1 aromatic heterocycles. The van der Waals surface area contributed by atoms with Gasteiger partial charge >= 0.3 is 5.97 Å². The van der Waals surface area contributed by atoms with E-state index in [1.165, 1.54) is 12.1 Å². The molecular formula is C11H12ClN3O3. The largest absolute Gasteiger partial charge is 0.481 e. The smallest absolute Gasteiger partial charge is 0.306 e. The fourth-order valence-corrected chi connectivity index (χ4v) is 2.13. The lowest BCUT2D eigenvalue weighted by atomic mass is 10.1. The zero-order valence-corrected chi connectivity index (χ0v) is 10.2. The van der Waals surface area contributed by atoms with Crippen LogP contribution < -0.4 is 5.32 Å². The molecule has 1 aromatic rings. The average Bonchev–Trinajstić information content (AvgIpc) is 2.78. The molecule has 1 amide bonds. The molecule has 18 heavy (non-hydrogen) atoms. The lowest BCUT2D eigenvalue weighted by molar-refractivity contribution is -0.141. The first kappa shape index (κ1) is 12.8. The van der Waals surface area contributed by atoms with Gasteiger partial charge in [0, 0.05) is 6.04 Å². The minimum absolute atomic E-state index is 0.115. The van der Waals surface area contributed by atoms with Gasteiger partial charge in [0.25, 0.3) is 5.91 Å². The molecule has 0 aliphatic heterocycles. The highest BCUT2D eigenvalue weighted by atomic mass is 35.5. The van der Waals surface area contributed by atoms with Gasteiger partial charge in [0.2, 0.25) is 0 Å². The van der Waals surface area contributed by atoms with Crippen LogP contribution in [0.1, 0.15) is 29.8 Å². The molecular weight excluding hydrogens is 258 g/mol. The van der Waals surface area contributed by atoms with Crippen molar-refractivity contribution in [3.63, 3.8) is 0 Å². The van der Waals surface area contributed by atoms with Crippen molar-refractivity contribution in [3.8, 4) is 0 Å². The van der Waals surface area contributed by atoms with E-state index in [-0.39, 0.29) is 28.7 Å². The summed E-state index contributed by atoms with van der Waals surface area (Å²) in [6, 6.07) is 2.85. The maximum absolute atomic E-state index is 11.8. The molecule has 6 nitrogen and oxygen atoms in total. The predicted octanol–water partition coefficient (Wildman–Crippen LogP) is 1.11. The Morgan fingerprint density at radius 3 is 2.67 bits per heavy atom. The van der Waals surface area contributed by atoms with Crippen LogP contribution in [0.3, 0.4) is 0 Å². The number of amides is 1. The number of nitrogens with zero attached hydrogens (tertiary/aromatic N) is 2. The Bertz CT molecular complexity index is 463. The third kappa shape index (κ3) is 2.95. The predicted molar refractivity (Wildman–Crippen MR) is 63.3 cm³/mol. The summed E-state index contributed by atoms with van der Waals surface area (Å²) in [5.74, 6) is -1.53. The molecule has 0 bridgehead atoms. The number of carbonyl (C=O) groups excluding carboxylic acids is 1. The van der Waals surface area contributed by atoms with E-state index in [4.69, 9.17) is 16.7 Å². The van der Waals surface area contributed by atoms with Gasteiger partial charge in [0.1, 0.15) is 0 Å². The number of halogens is 1. The van der Waals surface area contributed by atoms with Crippen LogP contribution in [0.4, 0.5) is 0 Å². The van der Waals surface area contributed by atoms with Crippen LogP contribution in [-0.4, -0.2) is 33.2 Å². The monoisotopic (exact) mass is 269 g/mol. The average molecular weight is 270 g/mol. The number of nitrogens with one attached hydrogen (secondary N) is 1. The maximum Gasteiger partial charge on any atom is 0.306 e. The summed E-state index contributed by atoms with van der Waals surface area (Å²) in [5.41, 5.74) is 0.179. The van der Waals surface area contributed by atoms with Gasteiger partial charge in [-0.05, 0) is 31.4 Å². The second-order valence-corrected chi connectivity index (χ2v) is 4.65. The highest BCUT2D eigenvalue weighted by Gasteiger charge is 2.30. The Hall–Kier alpha value is -1.69. The summed E-state index contributed by atoms with van der Waals surface area (Å²) in [4.78, 5) is 22.6. The van der Waals surface area contributed by atoms with Crippen LogP contribution in [0, 0.1) is 5.92 Å². The minimum Gasteiger partial charge on any atom is -0.481 e. The molecule has 1 saturated carbocycles. The van der Waals surface area contributed by atoms with Crippen molar-refractivity contribution in [2.24, 2.45) is 5.92 Å². The number of rotatable bonds is 3. The molecule has 0 radical (unpaired) electrons. The summed E-state index contributed by atoms with van der Waals surface area (Å²) in [7, 11) is 0. The molecule has 0 unspecified atom stereocenters. The summed E-state index contributed by atoms with van der Waals surface area (Å²) < 4.78 is 0. The van der Waals surface area contributed by atoms with Crippen LogP contribution in [0.2, 0.25) is 5.15 Å². The van der Waals surface area contributed by atoms with Crippen LogP contribution in [-0.2, 0) is 4.79 Å². The van der Waals surface area contributed by atoms with Gasteiger partial charge in [-0.1, -0.05) is 11.6 Å². The molecule has 2 rings (SSSR count). The summed E-state index contributed by atoms with van der Waals surface area (Å²) in [5, 5.41) is 19.1. The number of hydrogen-bond donors (Lipinski definition) is 2. The van der Waals surface area contributed by atoms with Crippen molar-refractivity contribution in [2.75, 3.05) is 0 Å². The fraction of sp³-hybridized carbons (Fsp3) is 0.455. The SMILES string of the molecule is O=C(N[C@H]1CC[C@@H](C(=O)O)C1)c1ccc(Cl)nn1. The lowest BCUT2D eigenvalue weighted by Crippen LogP contribution is -2.34. The van der Waals surface area contributed by atoms with Gasteiger partial charge in [-0.15, -0.1) is 10.2 Å². The number of aromatic nitrogens is 2. The Labute approximate surface area is 108 Å². The van der Waals surface area contributed by atoms with Gasteiger partial charge in [0.15, 0.2) is 10.8 Å². The van der Waals surface area contributed by atoms with Crippen LogP contribution in [0.5, 0.6) is 0 Å². The molecule has 0 spiro atoms. The van der Waals surface area contributed by atoms with E-state index in [9.17, 15) is 9.59 Å². The molecule has 0 saturated heterocycles. The standard InChI is InChI=1S/C11H12ClN3O3/c12-9-4-3-8(14-15-9)10(16)13-7-2-1-6(5-7)11(17)18/h3-4,6-7H,1-2,5H2,(H,13,16)(H,17,18)/t6-,7+/m1/s1. The first-order valence-corrected chi connectivity index (χ1v) is 5.97. The van der Waals surface area contributed by atoms with E-state index in [0.29, 0.717) is 19.3 Å². The Balaban J connectivity index is 1.92. The molecule has 1 fully saturated rings. The van der Waals surface area contributed by atoms with Crippen molar-refractivity contribution in [3.05, 3.63) is 23.0 Å². The van der Waals surface area contributed by atoms with Crippen LogP contribution in [0.15, 0.2) is 12.1 Å². The van der Waals surface area contributed by atoms with Crippen molar-refractivity contribution in [1.29, 1.82) is 0 Å². The summed E-state index contributed by atoms with van der Waals surface area (Å²) in [6.07, 6.45) is 1.72. The van der Waals surface area contributed by atoms with Crippen molar-refractivity contribution < 1.29 is 14.7 Å². The quantitative estimate of drug-likeness (QED) is 0.858. The van der Waals surface area contributed by atoms with Gasteiger partial charge < -0.3 is 10.4 Å². The third-order valence-electron chi connectivity index (χ3n) is 2.98. The van der Waals surface area contributed by atoms with Crippen molar-refractivity contribution in [2.45, 2.75) is 25.3 Å². The fourth-order valence-electron chi connectivity index (χ4n) is 2.03. The summed E-state index contributed by atoms with van der Waals surface area (Å²) in [6.45, 7) is 0. The van der Waals surface area contributed by atoms with Gasteiger partial charge in [-0.2, -0.15) is 0 Å². The molecule has 1 aliphatic rings. The topological polar surface area (TPSA) is 92.2 Å². The van der Waals surface area contributed by atoms with E-state index in [1.54, 1.807) is 0 Å². The Kier molecular flexibility index (Phi) is 3.76. The number of carboxylic acid groups (broad SMARTS) is 1. The molecule has 7 heteroatoms. The van der Waals surface area contributed by atoms with Crippen LogP contribution in [0.25, 0.3) is 0 Å². The van der Waals surface area contributed by atoms with Gasteiger partial charge in [-0.25, -0.2) is 0 Å². The molecule has 0 aromatic carbocycles. The lowest BCUT2D eigenvalue weighted by Gasteiger charge is -2.11. The molecule has 2 atom stereocenters. The Morgan fingerprint density at radius 2 is 2.11 bits per heavy atom. The van der Waals surface area contributed by atoms with E-state index < -0.39 is 5.97 Å². The highest BCUT2D eigenvalue weighted by Crippen LogP contribution is 2.25. The van der Waals surface area contributed by atoms with Crippen molar-refractivity contribution in [1.82, 2.24) is 15.5 Å². The maximum atomic E-state index is 11.8. The second-order valence-electron chi connectivity index (χ2n) is 4.26. The van der Waals surface area contributed by atoms with E-state index in [0.717, 1.165) is 0 Å². The number of aliphatic carboxylic acids is 1. The minimum atomic E-state index is -0.807. The second kappa shape index (κ2) is 5.30. The number of carbonyl (C=O) groups is 2. The first-order chi connectivity index (χ1) is 8.56. The Morgan fingerprint density at radius 1 is 1.33 bits per heavy atom. The zero-order valence-electron chi connectivity index (χ0n) is 9.47. The van der Waals surface area contributed by atoms with Crippen molar-refractivity contribution >= 4 is 23.5 Å².